The second-order valence-corrected chi connectivity index (χ2v) is 7.82. The summed E-state index contributed by atoms with van der Waals surface area (Å²) < 4.78 is 19.2. The average Bonchev–Trinajstić information content (AvgIpc) is 2.83. The Morgan fingerprint density at radius 3 is 1.76 bits per heavy atom. The first-order valence-corrected chi connectivity index (χ1v) is 10.6. The van der Waals surface area contributed by atoms with Gasteiger partial charge < -0.3 is 29.6 Å². The van der Waals surface area contributed by atoms with E-state index in [9.17, 15) is 24.0 Å². The van der Waals surface area contributed by atoms with Gasteiger partial charge in [0.1, 0.15) is 18.7 Å². The highest BCUT2D eigenvalue weighted by molar-refractivity contribution is 5.97. The summed E-state index contributed by atoms with van der Waals surface area (Å²) in [6.45, 7) is 4.77. The molecule has 188 valence electrons. The van der Waals surface area contributed by atoms with E-state index in [4.69, 9.17) is 9.47 Å². The zero-order valence-electron chi connectivity index (χ0n) is 20.2. The Bertz CT molecular complexity index is 841. The lowest BCUT2D eigenvalue weighted by molar-refractivity contribution is -0.163. The number of carbonyl (C=O) groups is 5. The molecule has 0 aliphatic rings. The van der Waals surface area contributed by atoms with E-state index in [1.165, 1.54) is 6.92 Å². The molecule has 0 aliphatic carbocycles. The molecule has 0 aromatic heterocycles. The van der Waals surface area contributed by atoms with Gasteiger partial charge in [0, 0.05) is 5.92 Å². The predicted octanol–water partition coefficient (Wildman–Crippen LogP) is 1.19. The topological polar surface area (TPSA) is 146 Å². The third-order valence-electron chi connectivity index (χ3n) is 5.15. The van der Waals surface area contributed by atoms with Crippen molar-refractivity contribution in [3.05, 3.63) is 35.9 Å². The molecule has 0 saturated carbocycles. The molecular formula is C23H32N2O9. The molecule has 0 heterocycles. The number of rotatable bonds is 11. The average molecular weight is 481 g/mol. The van der Waals surface area contributed by atoms with Gasteiger partial charge >= 0.3 is 24.0 Å². The lowest BCUT2D eigenvalue weighted by Gasteiger charge is -2.29. The summed E-state index contributed by atoms with van der Waals surface area (Å²) in [5.74, 6) is -6.49. The Morgan fingerprint density at radius 2 is 1.29 bits per heavy atom. The number of nitrogens with one attached hydrogen (secondary N) is 2. The highest BCUT2D eigenvalue weighted by atomic mass is 16.6. The van der Waals surface area contributed by atoms with Crippen LogP contribution in [0.3, 0.4) is 0 Å². The van der Waals surface area contributed by atoms with Gasteiger partial charge in [0.2, 0.25) is 5.91 Å². The Kier molecular flexibility index (Phi) is 11.5. The summed E-state index contributed by atoms with van der Waals surface area (Å²) in [5, 5.41) is 4.94. The first kappa shape index (κ1) is 28.4. The number of esters is 3. The normalized spacial score (nSPS) is 13.3. The standard InChI is InChI=1S/C23H32N2O9/c1-13(2)17(25-23(30)34-12-15-10-8-7-9-11-15)19(26)24-18(22(29)33-6)14(3)16(20(27)31-4)21(28)32-5/h7-11,13-14,16-18H,12H2,1-6H3,(H,24,26)(H,25,30)/t14-,17-,18-/m1/s1. The molecule has 0 radical (unpaired) electrons. The van der Waals surface area contributed by atoms with Crippen LogP contribution in [0.2, 0.25) is 0 Å². The molecule has 0 fully saturated rings. The molecule has 11 heteroatoms. The van der Waals surface area contributed by atoms with Crippen molar-refractivity contribution in [3.63, 3.8) is 0 Å². The van der Waals surface area contributed by atoms with Gasteiger partial charge in [-0.05, 0) is 11.5 Å². The summed E-state index contributed by atoms with van der Waals surface area (Å²) in [4.78, 5) is 62.1. The summed E-state index contributed by atoms with van der Waals surface area (Å²) in [6, 6.07) is 6.48. The maximum Gasteiger partial charge on any atom is 0.408 e. The summed E-state index contributed by atoms with van der Waals surface area (Å²) in [6.07, 6.45) is -0.831. The maximum absolute atomic E-state index is 13.0. The van der Waals surface area contributed by atoms with Crippen LogP contribution in [0.25, 0.3) is 0 Å². The highest BCUT2D eigenvalue weighted by Crippen LogP contribution is 2.21. The fraction of sp³-hybridized carbons (Fsp3) is 0.522. The van der Waals surface area contributed by atoms with Crippen molar-refractivity contribution in [1.29, 1.82) is 0 Å². The Balaban J connectivity index is 3.00. The number of benzene rings is 1. The molecule has 0 unspecified atom stereocenters. The van der Waals surface area contributed by atoms with E-state index in [0.717, 1.165) is 26.9 Å². The third-order valence-corrected chi connectivity index (χ3v) is 5.15. The number of hydrogen-bond donors (Lipinski definition) is 2. The van der Waals surface area contributed by atoms with Crippen LogP contribution in [-0.4, -0.2) is 63.3 Å². The minimum atomic E-state index is -1.50. The zero-order chi connectivity index (χ0) is 25.8. The molecule has 11 nitrogen and oxygen atoms in total. The van der Waals surface area contributed by atoms with Crippen LogP contribution in [0.4, 0.5) is 4.79 Å². The van der Waals surface area contributed by atoms with E-state index in [-0.39, 0.29) is 6.61 Å². The van der Waals surface area contributed by atoms with Crippen molar-refractivity contribution >= 4 is 29.9 Å². The second kappa shape index (κ2) is 13.8. The van der Waals surface area contributed by atoms with Crippen molar-refractivity contribution in [2.24, 2.45) is 17.8 Å². The molecule has 1 rings (SSSR count). The van der Waals surface area contributed by atoms with Crippen LogP contribution in [0.15, 0.2) is 30.3 Å². The van der Waals surface area contributed by atoms with E-state index in [1.54, 1.807) is 38.1 Å². The van der Waals surface area contributed by atoms with Gasteiger partial charge in [-0.2, -0.15) is 0 Å². The molecule has 1 aromatic carbocycles. The van der Waals surface area contributed by atoms with Crippen molar-refractivity contribution in [3.8, 4) is 0 Å². The third kappa shape index (κ3) is 8.05. The fourth-order valence-corrected chi connectivity index (χ4v) is 3.17. The zero-order valence-corrected chi connectivity index (χ0v) is 20.2. The molecule has 34 heavy (non-hydrogen) atoms. The molecule has 0 aliphatic heterocycles. The fourth-order valence-electron chi connectivity index (χ4n) is 3.17. The highest BCUT2D eigenvalue weighted by Gasteiger charge is 2.43. The van der Waals surface area contributed by atoms with Gasteiger partial charge in [-0.1, -0.05) is 51.1 Å². The Morgan fingerprint density at radius 1 is 0.765 bits per heavy atom. The molecule has 3 atom stereocenters. The monoisotopic (exact) mass is 480 g/mol. The van der Waals surface area contributed by atoms with E-state index in [0.29, 0.717) is 0 Å². The van der Waals surface area contributed by atoms with Crippen LogP contribution in [0.5, 0.6) is 0 Å². The van der Waals surface area contributed by atoms with E-state index >= 15 is 0 Å². The molecule has 0 spiro atoms. The van der Waals surface area contributed by atoms with E-state index in [1.807, 2.05) is 6.07 Å². The van der Waals surface area contributed by atoms with Crippen LogP contribution >= 0.6 is 0 Å². The van der Waals surface area contributed by atoms with Gasteiger partial charge in [0.05, 0.1) is 21.3 Å². The van der Waals surface area contributed by atoms with Gasteiger partial charge in [-0.3, -0.25) is 14.4 Å². The van der Waals surface area contributed by atoms with Crippen LogP contribution in [0, 0.1) is 17.8 Å². The van der Waals surface area contributed by atoms with Crippen molar-refractivity contribution < 1.29 is 42.9 Å². The van der Waals surface area contributed by atoms with Crippen molar-refractivity contribution in [1.82, 2.24) is 10.6 Å². The number of alkyl carbamates (subject to hydrolysis) is 1. The summed E-state index contributed by atoms with van der Waals surface area (Å²) in [5.41, 5.74) is 0.763. The molecule has 1 aromatic rings. The minimum absolute atomic E-state index is 0.000859. The van der Waals surface area contributed by atoms with Crippen molar-refractivity contribution in [2.75, 3.05) is 21.3 Å². The smallest absolute Gasteiger partial charge is 0.408 e. The van der Waals surface area contributed by atoms with Gasteiger partial charge in [0.25, 0.3) is 0 Å². The number of amides is 2. The predicted molar refractivity (Wildman–Crippen MR) is 119 cm³/mol. The minimum Gasteiger partial charge on any atom is -0.468 e. The molecule has 2 N–H and O–H groups in total. The quantitative estimate of drug-likeness (QED) is 0.271. The maximum atomic E-state index is 13.0. The first-order valence-electron chi connectivity index (χ1n) is 10.6. The van der Waals surface area contributed by atoms with Crippen LogP contribution in [0.1, 0.15) is 26.3 Å². The number of methoxy groups -OCH3 is 3. The Labute approximate surface area is 198 Å². The summed E-state index contributed by atoms with van der Waals surface area (Å²) >= 11 is 0. The Hall–Kier alpha value is -3.63. The van der Waals surface area contributed by atoms with Crippen LogP contribution in [-0.2, 0) is 44.7 Å². The van der Waals surface area contributed by atoms with E-state index in [2.05, 4.69) is 20.1 Å². The van der Waals surface area contributed by atoms with Gasteiger partial charge in [-0.25, -0.2) is 9.59 Å². The van der Waals surface area contributed by atoms with Crippen molar-refractivity contribution in [2.45, 2.75) is 39.5 Å². The largest absolute Gasteiger partial charge is 0.468 e. The van der Waals surface area contributed by atoms with E-state index < -0.39 is 59.7 Å². The SMILES string of the molecule is COC(=O)C(C(=O)OC)[C@@H](C)[C@@H](NC(=O)[C@H](NC(=O)OCc1ccccc1)C(C)C)C(=O)OC. The lowest BCUT2D eigenvalue weighted by atomic mass is 9.86. The molecule has 0 saturated heterocycles. The van der Waals surface area contributed by atoms with Crippen LogP contribution < -0.4 is 10.6 Å². The molecule has 2 amide bonds. The van der Waals surface area contributed by atoms with Gasteiger partial charge in [-0.15, -0.1) is 0 Å². The first-order chi connectivity index (χ1) is 16.1. The number of ether oxygens (including phenoxy) is 4. The lowest BCUT2D eigenvalue weighted by Crippen LogP contribution is -2.57. The molecule has 0 bridgehead atoms. The number of hydrogen-bond acceptors (Lipinski definition) is 9. The number of carbonyl (C=O) groups excluding carboxylic acids is 5. The molecular weight excluding hydrogens is 448 g/mol. The van der Waals surface area contributed by atoms with Gasteiger partial charge in [0.15, 0.2) is 5.92 Å². The summed E-state index contributed by atoms with van der Waals surface area (Å²) in [7, 11) is 3.26. The second-order valence-electron chi connectivity index (χ2n) is 7.82.